The molecule has 1 aromatic heterocycles. The molecular weight excluding hydrogens is 253 g/mol. The van der Waals surface area contributed by atoms with Crippen LogP contribution in [-0.2, 0) is 6.54 Å². The van der Waals surface area contributed by atoms with E-state index < -0.39 is 0 Å². The van der Waals surface area contributed by atoms with Gasteiger partial charge in [-0.05, 0) is 52.3 Å². The summed E-state index contributed by atoms with van der Waals surface area (Å²) in [7, 11) is 0. The highest BCUT2D eigenvalue weighted by atomic mass is 19.1. The van der Waals surface area contributed by atoms with Crippen LogP contribution in [-0.4, -0.2) is 9.78 Å². The first-order valence-electron chi connectivity index (χ1n) is 7.00. The number of nitrogens with zero attached hydrogens (tertiary/aromatic N) is 2. The van der Waals surface area contributed by atoms with Crippen molar-refractivity contribution >= 4 is 5.69 Å². The van der Waals surface area contributed by atoms with Crippen LogP contribution in [0.4, 0.5) is 10.1 Å². The zero-order valence-electron chi connectivity index (χ0n) is 12.8. The van der Waals surface area contributed by atoms with E-state index in [1.807, 2.05) is 31.5 Å². The fourth-order valence-corrected chi connectivity index (χ4v) is 2.69. The van der Waals surface area contributed by atoms with Crippen molar-refractivity contribution in [3.63, 3.8) is 0 Å². The van der Waals surface area contributed by atoms with Crippen molar-refractivity contribution in [1.29, 1.82) is 0 Å². The Labute approximate surface area is 119 Å². The first-order valence-corrected chi connectivity index (χ1v) is 7.00. The molecule has 2 aromatic rings. The first kappa shape index (κ1) is 14.6. The summed E-state index contributed by atoms with van der Waals surface area (Å²) in [5.41, 5.74) is 4.74. The molecule has 0 bridgehead atoms. The molecule has 0 saturated carbocycles. The van der Waals surface area contributed by atoms with Gasteiger partial charge in [0.05, 0.1) is 17.4 Å². The van der Waals surface area contributed by atoms with E-state index in [9.17, 15) is 4.39 Å². The Hall–Kier alpha value is -1.84. The van der Waals surface area contributed by atoms with Gasteiger partial charge in [0.25, 0.3) is 0 Å². The largest absolute Gasteiger partial charge is 0.376 e. The highest BCUT2D eigenvalue weighted by Crippen LogP contribution is 2.26. The van der Waals surface area contributed by atoms with Gasteiger partial charge >= 0.3 is 0 Å². The maximum Gasteiger partial charge on any atom is 0.146 e. The molecule has 3 nitrogen and oxygen atoms in total. The van der Waals surface area contributed by atoms with Gasteiger partial charge in [-0.15, -0.1) is 0 Å². The molecule has 1 unspecified atom stereocenters. The molecule has 1 atom stereocenters. The topological polar surface area (TPSA) is 29.9 Å². The SMILES string of the molecule is CCn1nc(C)c(C(C)Nc2ccc(C)cc2F)c1C. The van der Waals surface area contributed by atoms with Crippen LogP contribution < -0.4 is 5.32 Å². The van der Waals surface area contributed by atoms with Crippen LogP contribution in [0.2, 0.25) is 0 Å². The van der Waals surface area contributed by atoms with Crippen LogP contribution in [0.15, 0.2) is 18.2 Å². The molecule has 1 heterocycles. The lowest BCUT2D eigenvalue weighted by Crippen LogP contribution is -2.10. The lowest BCUT2D eigenvalue weighted by Gasteiger charge is -2.17. The molecule has 0 fully saturated rings. The van der Waals surface area contributed by atoms with Crippen LogP contribution in [0.25, 0.3) is 0 Å². The Morgan fingerprint density at radius 1 is 1.30 bits per heavy atom. The summed E-state index contributed by atoms with van der Waals surface area (Å²) in [4.78, 5) is 0. The van der Waals surface area contributed by atoms with Crippen LogP contribution in [0.5, 0.6) is 0 Å². The van der Waals surface area contributed by atoms with Crippen molar-refractivity contribution in [2.75, 3.05) is 5.32 Å². The number of hydrogen-bond acceptors (Lipinski definition) is 2. The first-order chi connectivity index (χ1) is 9.43. The minimum absolute atomic E-state index is 0.0208. The molecule has 0 spiro atoms. The second-order valence-electron chi connectivity index (χ2n) is 5.25. The molecule has 1 N–H and O–H groups in total. The number of rotatable bonds is 4. The molecule has 0 saturated heterocycles. The maximum atomic E-state index is 13.9. The van der Waals surface area contributed by atoms with Crippen molar-refractivity contribution < 1.29 is 4.39 Å². The van der Waals surface area contributed by atoms with Gasteiger partial charge in [-0.25, -0.2) is 4.39 Å². The lowest BCUT2D eigenvalue weighted by atomic mass is 10.1. The summed E-state index contributed by atoms with van der Waals surface area (Å²) in [5, 5.41) is 7.76. The third kappa shape index (κ3) is 2.69. The zero-order valence-corrected chi connectivity index (χ0v) is 12.8. The van der Waals surface area contributed by atoms with E-state index in [1.165, 1.54) is 0 Å². The number of anilines is 1. The van der Waals surface area contributed by atoms with Gasteiger partial charge < -0.3 is 5.32 Å². The molecule has 0 radical (unpaired) electrons. The molecule has 0 aliphatic rings. The van der Waals surface area contributed by atoms with E-state index in [2.05, 4.69) is 24.3 Å². The normalized spacial score (nSPS) is 12.5. The van der Waals surface area contributed by atoms with Crippen LogP contribution in [0, 0.1) is 26.6 Å². The van der Waals surface area contributed by atoms with Crippen molar-refractivity contribution in [2.45, 2.75) is 47.2 Å². The van der Waals surface area contributed by atoms with Crippen LogP contribution >= 0.6 is 0 Å². The monoisotopic (exact) mass is 275 g/mol. The number of aromatic nitrogens is 2. The van der Waals surface area contributed by atoms with E-state index >= 15 is 0 Å². The number of halogens is 1. The van der Waals surface area contributed by atoms with E-state index in [1.54, 1.807) is 12.1 Å². The number of benzene rings is 1. The third-order valence-corrected chi connectivity index (χ3v) is 3.67. The summed E-state index contributed by atoms with van der Waals surface area (Å²) in [6.07, 6.45) is 0. The van der Waals surface area contributed by atoms with E-state index in [-0.39, 0.29) is 11.9 Å². The molecule has 108 valence electrons. The average Bonchev–Trinajstić information content (AvgIpc) is 2.67. The Bertz CT molecular complexity index is 616. The van der Waals surface area contributed by atoms with Gasteiger partial charge in [0.1, 0.15) is 5.82 Å². The molecule has 4 heteroatoms. The highest BCUT2D eigenvalue weighted by molar-refractivity contribution is 5.49. The minimum Gasteiger partial charge on any atom is -0.376 e. The van der Waals surface area contributed by atoms with Crippen molar-refractivity contribution in [2.24, 2.45) is 0 Å². The number of aryl methyl sites for hydroxylation is 3. The molecular formula is C16H22FN3. The lowest BCUT2D eigenvalue weighted by molar-refractivity contribution is 0.625. The second kappa shape index (κ2) is 5.65. The summed E-state index contributed by atoms with van der Waals surface area (Å²) in [6, 6.07) is 5.26. The molecule has 1 aromatic carbocycles. The van der Waals surface area contributed by atoms with Crippen LogP contribution in [0.3, 0.4) is 0 Å². The Morgan fingerprint density at radius 2 is 2.00 bits per heavy atom. The van der Waals surface area contributed by atoms with E-state index in [4.69, 9.17) is 0 Å². The van der Waals surface area contributed by atoms with Crippen LogP contribution in [0.1, 0.15) is 42.4 Å². The highest BCUT2D eigenvalue weighted by Gasteiger charge is 2.17. The summed E-state index contributed by atoms with van der Waals surface area (Å²) in [6.45, 7) is 10.9. The van der Waals surface area contributed by atoms with Gasteiger partial charge in [-0.2, -0.15) is 5.10 Å². The number of nitrogens with one attached hydrogen (secondary N) is 1. The second-order valence-corrected chi connectivity index (χ2v) is 5.25. The average molecular weight is 275 g/mol. The Balaban J connectivity index is 2.28. The fourth-order valence-electron chi connectivity index (χ4n) is 2.69. The zero-order chi connectivity index (χ0) is 14.9. The third-order valence-electron chi connectivity index (χ3n) is 3.67. The summed E-state index contributed by atoms with van der Waals surface area (Å²) in [5.74, 6) is -0.213. The fraction of sp³-hybridized carbons (Fsp3) is 0.438. The minimum atomic E-state index is -0.213. The maximum absolute atomic E-state index is 13.9. The summed E-state index contributed by atoms with van der Waals surface area (Å²) >= 11 is 0. The van der Waals surface area contributed by atoms with Gasteiger partial charge in [-0.1, -0.05) is 6.07 Å². The van der Waals surface area contributed by atoms with Gasteiger partial charge in [-0.3, -0.25) is 4.68 Å². The Morgan fingerprint density at radius 3 is 2.55 bits per heavy atom. The van der Waals surface area contributed by atoms with Gasteiger partial charge in [0.2, 0.25) is 0 Å². The van der Waals surface area contributed by atoms with Gasteiger partial charge in [0.15, 0.2) is 0 Å². The molecule has 0 amide bonds. The quantitative estimate of drug-likeness (QED) is 0.908. The molecule has 0 aliphatic heterocycles. The molecule has 20 heavy (non-hydrogen) atoms. The van der Waals surface area contributed by atoms with Crippen molar-refractivity contribution in [3.8, 4) is 0 Å². The molecule has 0 aliphatic carbocycles. The van der Waals surface area contributed by atoms with Gasteiger partial charge in [0, 0.05) is 17.8 Å². The molecule has 2 rings (SSSR count). The van der Waals surface area contributed by atoms with E-state index in [0.29, 0.717) is 5.69 Å². The van der Waals surface area contributed by atoms with E-state index in [0.717, 1.165) is 29.1 Å². The predicted octanol–water partition coefficient (Wildman–Crippen LogP) is 4.14. The van der Waals surface area contributed by atoms with Crippen molar-refractivity contribution in [3.05, 3.63) is 46.5 Å². The standard InChI is InChI=1S/C16H22FN3/c1-6-20-13(5)16(12(4)19-20)11(3)18-15-8-7-10(2)9-14(15)17/h7-9,11,18H,6H2,1-5H3. The smallest absolute Gasteiger partial charge is 0.146 e. The predicted molar refractivity (Wildman–Crippen MR) is 80.5 cm³/mol. The number of hydrogen-bond donors (Lipinski definition) is 1. The summed E-state index contributed by atoms with van der Waals surface area (Å²) < 4.78 is 15.9. The van der Waals surface area contributed by atoms with Crippen molar-refractivity contribution in [1.82, 2.24) is 9.78 Å². The Kier molecular flexibility index (Phi) is 4.12.